The summed E-state index contributed by atoms with van der Waals surface area (Å²) in [6.07, 6.45) is 0. The molecule has 0 saturated heterocycles. The summed E-state index contributed by atoms with van der Waals surface area (Å²) >= 11 is 1.24. The van der Waals surface area contributed by atoms with E-state index in [1.165, 1.54) is 11.3 Å². The van der Waals surface area contributed by atoms with Crippen molar-refractivity contribution in [3.63, 3.8) is 0 Å². The fourth-order valence-corrected chi connectivity index (χ4v) is 4.22. The van der Waals surface area contributed by atoms with Gasteiger partial charge in [0.2, 0.25) is 0 Å². The Labute approximate surface area is 145 Å². The zero-order valence-electron chi connectivity index (χ0n) is 13.3. The summed E-state index contributed by atoms with van der Waals surface area (Å²) in [4.78, 5) is 4.58. The molecule has 3 N–H and O–H groups in total. The zero-order chi connectivity index (χ0) is 17.3. The van der Waals surface area contributed by atoms with Crippen LogP contribution in [0.2, 0.25) is 0 Å². The van der Waals surface area contributed by atoms with Crippen molar-refractivity contribution in [2.45, 2.75) is 18.7 Å². The van der Waals surface area contributed by atoms with Gasteiger partial charge in [0.15, 0.2) is 5.13 Å². The highest BCUT2D eigenvalue weighted by Gasteiger charge is 2.17. The average molecular weight is 359 g/mol. The molecule has 1 aromatic heterocycles. The normalized spacial score (nSPS) is 11.4. The first kappa shape index (κ1) is 16.5. The molecule has 2 aromatic carbocycles. The van der Waals surface area contributed by atoms with E-state index in [9.17, 15) is 8.42 Å². The molecule has 0 amide bonds. The van der Waals surface area contributed by atoms with E-state index in [4.69, 9.17) is 5.73 Å². The van der Waals surface area contributed by atoms with Gasteiger partial charge in [0.1, 0.15) is 0 Å². The van der Waals surface area contributed by atoms with E-state index in [1.54, 1.807) is 30.3 Å². The summed E-state index contributed by atoms with van der Waals surface area (Å²) in [7, 11) is -3.65. The van der Waals surface area contributed by atoms with E-state index in [0.717, 1.165) is 16.7 Å². The van der Waals surface area contributed by atoms with Gasteiger partial charge in [-0.15, -0.1) is 11.3 Å². The van der Waals surface area contributed by atoms with E-state index in [1.807, 2.05) is 31.4 Å². The summed E-state index contributed by atoms with van der Waals surface area (Å²) in [5.74, 6) is 0. The van der Waals surface area contributed by atoms with Gasteiger partial charge in [-0.1, -0.05) is 18.2 Å². The first-order valence-electron chi connectivity index (χ1n) is 7.27. The lowest BCUT2D eigenvalue weighted by Gasteiger charge is -2.07. The van der Waals surface area contributed by atoms with Crippen molar-refractivity contribution in [3.05, 3.63) is 59.0 Å². The lowest BCUT2D eigenvalue weighted by molar-refractivity contribution is 0.601. The lowest BCUT2D eigenvalue weighted by atomic mass is 10.1. The number of rotatable bonds is 4. The number of hydrogen-bond donors (Lipinski definition) is 2. The zero-order valence-corrected chi connectivity index (χ0v) is 14.9. The Morgan fingerprint density at radius 1 is 1.04 bits per heavy atom. The van der Waals surface area contributed by atoms with E-state index >= 15 is 0 Å². The number of nitrogens with one attached hydrogen (secondary N) is 1. The Morgan fingerprint density at radius 2 is 1.75 bits per heavy atom. The molecule has 0 saturated carbocycles. The standard InChI is InChI=1S/C17H17N3O2S2/c1-11-3-8-15(9-12(11)2)24(21,22)20-17-19-16(10-23-17)13-4-6-14(18)7-5-13/h3-10H,18H2,1-2H3,(H,19,20). The van der Waals surface area contributed by atoms with Gasteiger partial charge in [0.05, 0.1) is 10.6 Å². The van der Waals surface area contributed by atoms with Gasteiger partial charge >= 0.3 is 0 Å². The average Bonchev–Trinajstić information content (AvgIpc) is 2.98. The number of nitrogen functional groups attached to an aromatic ring is 1. The minimum absolute atomic E-state index is 0.231. The van der Waals surface area contributed by atoms with Gasteiger partial charge in [0.25, 0.3) is 10.0 Å². The number of aromatic nitrogens is 1. The van der Waals surface area contributed by atoms with Crippen molar-refractivity contribution in [2.75, 3.05) is 10.5 Å². The third-order valence-electron chi connectivity index (χ3n) is 3.72. The highest BCUT2D eigenvalue weighted by atomic mass is 32.2. The van der Waals surface area contributed by atoms with Gasteiger partial charge < -0.3 is 5.73 Å². The molecule has 0 spiro atoms. The highest BCUT2D eigenvalue weighted by Crippen LogP contribution is 2.27. The number of nitrogens with two attached hydrogens (primary N) is 1. The van der Waals surface area contributed by atoms with Crippen LogP contribution >= 0.6 is 11.3 Å². The van der Waals surface area contributed by atoms with Crippen LogP contribution in [-0.4, -0.2) is 13.4 Å². The number of benzene rings is 2. The maximum Gasteiger partial charge on any atom is 0.263 e. The van der Waals surface area contributed by atoms with Crippen LogP contribution in [0, 0.1) is 13.8 Å². The van der Waals surface area contributed by atoms with E-state index < -0.39 is 10.0 Å². The van der Waals surface area contributed by atoms with Crippen molar-refractivity contribution >= 4 is 32.2 Å². The molecular weight excluding hydrogens is 342 g/mol. The van der Waals surface area contributed by atoms with Gasteiger partial charge in [0, 0.05) is 16.6 Å². The number of sulfonamides is 1. The van der Waals surface area contributed by atoms with Gasteiger partial charge in [-0.3, -0.25) is 4.72 Å². The van der Waals surface area contributed by atoms with Crippen LogP contribution < -0.4 is 10.5 Å². The van der Waals surface area contributed by atoms with Gasteiger partial charge in [-0.25, -0.2) is 13.4 Å². The summed E-state index contributed by atoms with van der Waals surface area (Å²) in [6, 6.07) is 12.3. The molecule has 0 bridgehead atoms. The summed E-state index contributed by atoms with van der Waals surface area (Å²) in [5.41, 5.74) is 9.91. The third-order valence-corrected chi connectivity index (χ3v) is 5.94. The maximum atomic E-state index is 12.5. The van der Waals surface area contributed by atoms with Crippen molar-refractivity contribution in [1.82, 2.24) is 4.98 Å². The van der Waals surface area contributed by atoms with E-state index in [2.05, 4.69) is 9.71 Å². The minimum Gasteiger partial charge on any atom is -0.399 e. The molecule has 0 atom stereocenters. The quantitative estimate of drug-likeness (QED) is 0.694. The second-order valence-electron chi connectivity index (χ2n) is 5.51. The largest absolute Gasteiger partial charge is 0.399 e. The molecule has 7 heteroatoms. The molecule has 24 heavy (non-hydrogen) atoms. The Balaban J connectivity index is 1.85. The summed E-state index contributed by atoms with van der Waals surface area (Å²) < 4.78 is 27.5. The summed E-state index contributed by atoms with van der Waals surface area (Å²) in [6.45, 7) is 3.83. The fourth-order valence-electron chi connectivity index (χ4n) is 2.16. The molecule has 0 fully saturated rings. The molecule has 3 rings (SSSR count). The van der Waals surface area contributed by atoms with E-state index in [0.29, 0.717) is 16.5 Å². The Hall–Kier alpha value is -2.38. The van der Waals surface area contributed by atoms with Gasteiger partial charge in [-0.2, -0.15) is 0 Å². The molecule has 0 aliphatic carbocycles. The van der Waals surface area contributed by atoms with Crippen LogP contribution in [0.25, 0.3) is 11.3 Å². The first-order valence-corrected chi connectivity index (χ1v) is 9.63. The van der Waals surface area contributed by atoms with Crippen LogP contribution in [0.1, 0.15) is 11.1 Å². The molecule has 3 aromatic rings. The molecule has 0 aliphatic heterocycles. The molecule has 124 valence electrons. The number of aryl methyl sites for hydroxylation is 2. The highest BCUT2D eigenvalue weighted by molar-refractivity contribution is 7.93. The molecule has 1 heterocycles. The van der Waals surface area contributed by atoms with Crippen molar-refractivity contribution in [2.24, 2.45) is 0 Å². The van der Waals surface area contributed by atoms with Crippen LogP contribution in [-0.2, 0) is 10.0 Å². The second kappa shape index (κ2) is 6.26. The first-order chi connectivity index (χ1) is 11.3. The van der Waals surface area contributed by atoms with Crippen molar-refractivity contribution < 1.29 is 8.42 Å². The predicted octanol–water partition coefficient (Wildman–Crippen LogP) is 3.81. The Bertz CT molecular complexity index is 977. The molecular formula is C17H17N3O2S2. The van der Waals surface area contributed by atoms with Crippen molar-refractivity contribution in [1.29, 1.82) is 0 Å². The Morgan fingerprint density at radius 3 is 2.42 bits per heavy atom. The predicted molar refractivity (Wildman–Crippen MR) is 98.7 cm³/mol. The number of hydrogen-bond acceptors (Lipinski definition) is 5. The summed E-state index contributed by atoms with van der Waals surface area (Å²) in [5, 5.41) is 2.14. The molecule has 0 aliphatic rings. The fraction of sp³-hybridized carbons (Fsp3) is 0.118. The van der Waals surface area contributed by atoms with Crippen LogP contribution in [0.4, 0.5) is 10.8 Å². The van der Waals surface area contributed by atoms with E-state index in [-0.39, 0.29) is 4.90 Å². The van der Waals surface area contributed by atoms with Gasteiger partial charge in [-0.05, 0) is 49.2 Å². The monoisotopic (exact) mass is 359 g/mol. The maximum absolute atomic E-state index is 12.5. The minimum atomic E-state index is -3.65. The molecule has 5 nitrogen and oxygen atoms in total. The van der Waals surface area contributed by atoms with Crippen LogP contribution in [0.15, 0.2) is 52.7 Å². The van der Waals surface area contributed by atoms with Crippen LogP contribution in [0.3, 0.4) is 0 Å². The number of anilines is 2. The van der Waals surface area contributed by atoms with Crippen molar-refractivity contribution in [3.8, 4) is 11.3 Å². The smallest absolute Gasteiger partial charge is 0.263 e. The third kappa shape index (κ3) is 3.42. The second-order valence-corrected chi connectivity index (χ2v) is 8.05. The topological polar surface area (TPSA) is 85.1 Å². The van der Waals surface area contributed by atoms with Crippen LogP contribution in [0.5, 0.6) is 0 Å². The SMILES string of the molecule is Cc1ccc(S(=O)(=O)Nc2nc(-c3ccc(N)cc3)cs2)cc1C. The number of nitrogens with zero attached hydrogens (tertiary/aromatic N) is 1. The number of thiazole rings is 1. The Kier molecular flexibility index (Phi) is 4.29. The lowest BCUT2D eigenvalue weighted by Crippen LogP contribution is -2.13. The molecule has 0 unspecified atom stereocenters. The molecule has 0 radical (unpaired) electrons.